The van der Waals surface area contributed by atoms with Gasteiger partial charge in [-0.3, -0.25) is 4.98 Å². The lowest BCUT2D eigenvalue weighted by Crippen LogP contribution is -1.58. The molecule has 62 valence electrons. The van der Waals surface area contributed by atoms with E-state index >= 15 is 0 Å². The molecule has 0 bridgehead atoms. The third-order valence-corrected chi connectivity index (χ3v) is 2.53. The predicted octanol–water partition coefficient (Wildman–Crippen LogP) is 3.59. The van der Waals surface area contributed by atoms with E-state index in [2.05, 4.69) is 20.9 Å². The van der Waals surface area contributed by atoms with Crippen molar-refractivity contribution in [1.82, 2.24) is 4.98 Å². The lowest BCUT2D eigenvalue weighted by atomic mass is 10.5. The molecule has 0 unspecified atom stereocenters. The van der Waals surface area contributed by atoms with Crippen LogP contribution in [0.4, 0.5) is 0 Å². The van der Waals surface area contributed by atoms with Gasteiger partial charge in [-0.05, 0) is 39.5 Å². The number of halogens is 1. The summed E-state index contributed by atoms with van der Waals surface area (Å²) in [5, 5.41) is 2.03. The van der Waals surface area contributed by atoms with Crippen LogP contribution in [-0.2, 0) is 0 Å². The smallest absolute Gasteiger partial charge is 0.0698 e. The molecular formula is C9H8BrNS. The third kappa shape index (κ3) is 4.26. The third-order valence-electron chi connectivity index (χ3n) is 1.05. The van der Waals surface area contributed by atoms with E-state index in [1.54, 1.807) is 23.7 Å². The Bertz CT molecular complexity index is 254. The van der Waals surface area contributed by atoms with Crippen LogP contribution in [0, 0.1) is 0 Å². The summed E-state index contributed by atoms with van der Waals surface area (Å²) in [7, 11) is 0. The lowest BCUT2D eigenvalue weighted by Gasteiger charge is -1.70. The van der Waals surface area contributed by atoms with Crippen molar-refractivity contribution >= 4 is 27.3 Å². The second kappa shape index (κ2) is 5.91. The van der Waals surface area contributed by atoms with Gasteiger partial charge in [-0.25, -0.2) is 0 Å². The van der Waals surface area contributed by atoms with Crippen molar-refractivity contribution in [2.45, 2.75) is 0 Å². The van der Waals surface area contributed by atoms with Gasteiger partial charge in [-0.15, -0.1) is 11.3 Å². The van der Waals surface area contributed by atoms with E-state index < -0.39 is 0 Å². The minimum absolute atomic E-state index is 1.20. The molecule has 3 heteroatoms. The monoisotopic (exact) mass is 241 g/mol. The molecule has 0 aliphatic heterocycles. The van der Waals surface area contributed by atoms with Gasteiger partial charge in [-0.2, -0.15) is 0 Å². The molecule has 0 saturated carbocycles. The molecule has 0 atom stereocenters. The highest BCUT2D eigenvalue weighted by atomic mass is 79.9. The van der Waals surface area contributed by atoms with Gasteiger partial charge in [0.1, 0.15) is 0 Å². The molecule has 0 saturated heterocycles. The molecule has 0 aliphatic rings. The molecule has 0 aromatic carbocycles. The first-order valence-corrected chi connectivity index (χ1v) is 5.11. The Hall–Kier alpha value is -0.670. The van der Waals surface area contributed by atoms with E-state index in [0.717, 1.165) is 0 Å². The summed E-state index contributed by atoms with van der Waals surface area (Å²) in [4.78, 5) is 3.78. The second-order valence-electron chi connectivity index (χ2n) is 1.94. The van der Waals surface area contributed by atoms with Crippen LogP contribution in [0.3, 0.4) is 0 Å². The molecular weight excluding hydrogens is 234 g/mol. The Morgan fingerprint density at radius 1 is 1.08 bits per heavy atom. The van der Waals surface area contributed by atoms with Gasteiger partial charge in [0.05, 0.1) is 3.79 Å². The van der Waals surface area contributed by atoms with Crippen LogP contribution in [0.15, 0.2) is 51.9 Å². The van der Waals surface area contributed by atoms with Gasteiger partial charge >= 0.3 is 0 Å². The molecule has 0 aliphatic carbocycles. The van der Waals surface area contributed by atoms with E-state index in [1.807, 2.05) is 35.7 Å². The van der Waals surface area contributed by atoms with E-state index in [4.69, 9.17) is 0 Å². The molecule has 12 heavy (non-hydrogen) atoms. The minimum atomic E-state index is 1.20. The largest absolute Gasteiger partial charge is 0.265 e. The molecule has 0 radical (unpaired) electrons. The van der Waals surface area contributed by atoms with Crippen molar-refractivity contribution in [3.05, 3.63) is 51.9 Å². The summed E-state index contributed by atoms with van der Waals surface area (Å²) in [6.45, 7) is 0. The maximum absolute atomic E-state index is 3.78. The number of hydrogen-bond acceptors (Lipinski definition) is 2. The number of aromatic nitrogens is 1. The average Bonchev–Trinajstić information content (AvgIpc) is 2.60. The Labute approximate surface area is 84.2 Å². The summed E-state index contributed by atoms with van der Waals surface area (Å²) in [6.07, 6.45) is 3.50. The summed E-state index contributed by atoms with van der Waals surface area (Å²) in [5.41, 5.74) is 0. The van der Waals surface area contributed by atoms with Crippen molar-refractivity contribution < 1.29 is 0 Å². The number of pyridine rings is 1. The van der Waals surface area contributed by atoms with Crippen LogP contribution >= 0.6 is 27.3 Å². The Morgan fingerprint density at radius 2 is 1.83 bits per heavy atom. The highest BCUT2D eigenvalue weighted by Crippen LogP contribution is 2.14. The molecule has 1 nitrogen and oxygen atoms in total. The van der Waals surface area contributed by atoms with E-state index in [-0.39, 0.29) is 0 Å². The number of thiophene rings is 1. The zero-order valence-corrected chi connectivity index (χ0v) is 8.75. The van der Waals surface area contributed by atoms with Crippen LogP contribution in [0.1, 0.15) is 0 Å². The van der Waals surface area contributed by atoms with Crippen molar-refractivity contribution in [3.8, 4) is 0 Å². The van der Waals surface area contributed by atoms with Gasteiger partial charge in [0.15, 0.2) is 0 Å². The van der Waals surface area contributed by atoms with E-state index in [1.165, 1.54) is 3.79 Å². The highest BCUT2D eigenvalue weighted by molar-refractivity contribution is 9.11. The maximum atomic E-state index is 3.78. The van der Waals surface area contributed by atoms with Crippen molar-refractivity contribution in [3.63, 3.8) is 0 Å². The van der Waals surface area contributed by atoms with Crippen molar-refractivity contribution in [1.29, 1.82) is 0 Å². The zero-order valence-electron chi connectivity index (χ0n) is 6.35. The Morgan fingerprint density at radius 3 is 2.00 bits per heavy atom. The van der Waals surface area contributed by atoms with E-state index in [9.17, 15) is 0 Å². The fraction of sp³-hybridized carbons (Fsp3) is 0. The molecule has 2 aromatic rings. The Kier molecular flexibility index (Phi) is 4.64. The van der Waals surface area contributed by atoms with Crippen LogP contribution in [0.25, 0.3) is 0 Å². The summed E-state index contributed by atoms with van der Waals surface area (Å²) in [5.74, 6) is 0. The number of rotatable bonds is 0. The first kappa shape index (κ1) is 9.42. The first-order chi connectivity index (χ1) is 5.89. The standard InChI is InChI=1S/C5H5N.C4H3BrS/c1-2-4-6-5-3-1;5-4-2-1-3-6-4/h1-5H;1-3H. The molecule has 2 heterocycles. The minimum Gasteiger partial charge on any atom is -0.265 e. The molecule has 2 rings (SSSR count). The quantitative estimate of drug-likeness (QED) is 0.687. The van der Waals surface area contributed by atoms with Crippen molar-refractivity contribution in [2.75, 3.05) is 0 Å². The molecule has 0 spiro atoms. The van der Waals surface area contributed by atoms with Gasteiger partial charge in [0.2, 0.25) is 0 Å². The zero-order chi connectivity index (χ0) is 8.65. The van der Waals surface area contributed by atoms with Gasteiger partial charge < -0.3 is 0 Å². The summed E-state index contributed by atoms with van der Waals surface area (Å²) < 4.78 is 1.20. The fourth-order valence-corrected chi connectivity index (χ4v) is 1.49. The maximum Gasteiger partial charge on any atom is 0.0698 e. The molecule has 0 fully saturated rings. The summed E-state index contributed by atoms with van der Waals surface area (Å²) >= 11 is 4.99. The number of nitrogens with zero attached hydrogens (tertiary/aromatic N) is 1. The first-order valence-electron chi connectivity index (χ1n) is 3.43. The van der Waals surface area contributed by atoms with Crippen LogP contribution in [-0.4, -0.2) is 4.98 Å². The van der Waals surface area contributed by atoms with E-state index in [0.29, 0.717) is 0 Å². The lowest BCUT2D eigenvalue weighted by molar-refractivity contribution is 1.33. The van der Waals surface area contributed by atoms with Crippen LogP contribution < -0.4 is 0 Å². The average molecular weight is 242 g/mol. The second-order valence-corrected chi connectivity index (χ2v) is 4.27. The fourth-order valence-electron chi connectivity index (χ4n) is 0.571. The van der Waals surface area contributed by atoms with Gasteiger partial charge in [0.25, 0.3) is 0 Å². The molecule has 0 N–H and O–H groups in total. The SMILES string of the molecule is Brc1cccs1.c1ccncc1. The predicted molar refractivity (Wildman–Crippen MR) is 56.3 cm³/mol. The topological polar surface area (TPSA) is 12.9 Å². The van der Waals surface area contributed by atoms with Gasteiger partial charge in [-0.1, -0.05) is 12.1 Å². The summed E-state index contributed by atoms with van der Waals surface area (Å²) in [6, 6.07) is 9.74. The Balaban J connectivity index is 0.000000120. The van der Waals surface area contributed by atoms with Crippen LogP contribution in [0.5, 0.6) is 0 Å². The highest BCUT2D eigenvalue weighted by Gasteiger charge is 1.77. The van der Waals surface area contributed by atoms with Crippen LogP contribution in [0.2, 0.25) is 0 Å². The van der Waals surface area contributed by atoms with Gasteiger partial charge in [0, 0.05) is 12.4 Å². The normalized spacial score (nSPS) is 8.42. The van der Waals surface area contributed by atoms with Crippen molar-refractivity contribution in [2.24, 2.45) is 0 Å². The number of hydrogen-bond donors (Lipinski definition) is 0. The molecule has 0 amide bonds. The molecule has 2 aromatic heterocycles.